The lowest BCUT2D eigenvalue weighted by Gasteiger charge is -2.35. The van der Waals surface area contributed by atoms with Crippen molar-refractivity contribution in [3.8, 4) is 0 Å². The van der Waals surface area contributed by atoms with E-state index in [1.54, 1.807) is 10.4 Å². The van der Waals surface area contributed by atoms with Gasteiger partial charge in [0.2, 0.25) is 10.0 Å². The van der Waals surface area contributed by atoms with Crippen molar-refractivity contribution in [2.24, 2.45) is 5.92 Å². The zero-order chi connectivity index (χ0) is 13.3. The Balaban J connectivity index is 2.39. The van der Waals surface area contributed by atoms with Gasteiger partial charge in [-0.1, -0.05) is 18.5 Å². The van der Waals surface area contributed by atoms with Gasteiger partial charge in [0.15, 0.2) is 0 Å². The Morgan fingerprint density at radius 1 is 1.39 bits per heavy atom. The zero-order valence-corrected chi connectivity index (χ0v) is 12.1. The Hall–Kier alpha value is -0.650. The molecule has 0 aliphatic carbocycles. The van der Waals surface area contributed by atoms with Gasteiger partial charge in [-0.3, -0.25) is 0 Å². The van der Waals surface area contributed by atoms with Gasteiger partial charge in [0.25, 0.3) is 0 Å². The van der Waals surface area contributed by atoms with Crippen molar-refractivity contribution in [1.82, 2.24) is 9.29 Å². The Kier molecular flexibility index (Phi) is 3.94. The van der Waals surface area contributed by atoms with E-state index in [4.69, 9.17) is 11.6 Å². The third kappa shape index (κ3) is 2.53. The van der Waals surface area contributed by atoms with Crippen molar-refractivity contribution in [2.45, 2.75) is 37.6 Å². The van der Waals surface area contributed by atoms with Gasteiger partial charge in [-0.15, -0.1) is 0 Å². The monoisotopic (exact) mass is 288 g/mol. The van der Waals surface area contributed by atoms with E-state index < -0.39 is 10.0 Å². The molecule has 0 saturated carbocycles. The van der Waals surface area contributed by atoms with Crippen molar-refractivity contribution < 1.29 is 8.42 Å². The number of hydrogen-bond donors (Lipinski definition) is 0. The van der Waals surface area contributed by atoms with Crippen LogP contribution in [0.1, 0.15) is 26.7 Å². The molecule has 2 rings (SSSR count). The van der Waals surface area contributed by atoms with Gasteiger partial charge in [-0.2, -0.15) is 4.31 Å². The Morgan fingerprint density at radius 2 is 2.11 bits per heavy atom. The normalized spacial score (nSPS) is 26.2. The summed E-state index contributed by atoms with van der Waals surface area (Å²) < 4.78 is 26.7. The van der Waals surface area contributed by atoms with Crippen LogP contribution in [0.4, 0.5) is 0 Å². The van der Waals surface area contributed by atoms with Gasteiger partial charge in [0, 0.05) is 18.8 Å². The maximum absolute atomic E-state index is 12.6. The fourth-order valence-electron chi connectivity index (χ4n) is 2.27. The van der Waals surface area contributed by atoms with Crippen LogP contribution < -0.4 is 0 Å². The molecule has 2 atom stereocenters. The molecule has 1 aromatic rings. The molecule has 1 aromatic heterocycles. The minimum absolute atomic E-state index is 0.0162. The first-order chi connectivity index (χ1) is 8.43. The number of hydrogen-bond acceptors (Lipinski definition) is 3. The summed E-state index contributed by atoms with van der Waals surface area (Å²) in [6, 6.07) is 3.12. The van der Waals surface area contributed by atoms with Gasteiger partial charge in [0.1, 0.15) is 10.0 Å². The molecule has 1 saturated heterocycles. The average Bonchev–Trinajstić information content (AvgIpc) is 2.32. The van der Waals surface area contributed by atoms with Gasteiger partial charge < -0.3 is 0 Å². The first-order valence-corrected chi connectivity index (χ1v) is 7.87. The van der Waals surface area contributed by atoms with E-state index in [0.29, 0.717) is 12.5 Å². The molecule has 2 unspecified atom stereocenters. The second-order valence-corrected chi connectivity index (χ2v) is 7.12. The number of nitrogens with zero attached hydrogens (tertiary/aromatic N) is 2. The van der Waals surface area contributed by atoms with Crippen LogP contribution in [-0.2, 0) is 10.0 Å². The highest BCUT2D eigenvalue weighted by molar-refractivity contribution is 7.89. The molecule has 0 spiro atoms. The SMILES string of the molecule is CC1CCC(C)N(S(=O)(=O)c2cccnc2Cl)C1. The van der Waals surface area contributed by atoms with E-state index in [9.17, 15) is 8.42 Å². The minimum atomic E-state index is -3.54. The van der Waals surface area contributed by atoms with E-state index in [-0.39, 0.29) is 16.1 Å². The molecule has 18 heavy (non-hydrogen) atoms. The first kappa shape index (κ1) is 13.8. The van der Waals surface area contributed by atoms with Crippen LogP contribution in [0.15, 0.2) is 23.2 Å². The third-order valence-electron chi connectivity index (χ3n) is 3.37. The van der Waals surface area contributed by atoms with Crippen molar-refractivity contribution in [1.29, 1.82) is 0 Å². The zero-order valence-electron chi connectivity index (χ0n) is 10.5. The Morgan fingerprint density at radius 3 is 2.78 bits per heavy atom. The molecule has 1 aliphatic rings. The molecule has 6 heteroatoms. The van der Waals surface area contributed by atoms with Crippen molar-refractivity contribution in [3.05, 3.63) is 23.5 Å². The molecule has 100 valence electrons. The lowest BCUT2D eigenvalue weighted by Crippen LogP contribution is -2.44. The van der Waals surface area contributed by atoms with Crippen LogP contribution in [-0.4, -0.2) is 30.3 Å². The molecule has 0 bridgehead atoms. The maximum atomic E-state index is 12.6. The van der Waals surface area contributed by atoms with Crippen LogP contribution >= 0.6 is 11.6 Å². The molecule has 1 fully saturated rings. The number of piperidine rings is 1. The lowest BCUT2D eigenvalue weighted by molar-refractivity contribution is 0.218. The summed E-state index contributed by atoms with van der Waals surface area (Å²) in [7, 11) is -3.54. The first-order valence-electron chi connectivity index (χ1n) is 6.05. The smallest absolute Gasteiger partial charge is 0.243 e. The van der Waals surface area contributed by atoms with Crippen LogP contribution in [0, 0.1) is 5.92 Å². The van der Waals surface area contributed by atoms with Gasteiger partial charge >= 0.3 is 0 Å². The fraction of sp³-hybridized carbons (Fsp3) is 0.583. The summed E-state index contributed by atoms with van der Waals surface area (Å²) in [5.41, 5.74) is 0. The summed E-state index contributed by atoms with van der Waals surface area (Å²) in [5.74, 6) is 0.381. The number of sulfonamides is 1. The third-order valence-corrected chi connectivity index (χ3v) is 5.80. The molecular weight excluding hydrogens is 272 g/mol. The van der Waals surface area contributed by atoms with E-state index in [2.05, 4.69) is 11.9 Å². The summed E-state index contributed by atoms with van der Waals surface area (Å²) >= 11 is 5.90. The number of aromatic nitrogens is 1. The molecule has 0 amide bonds. The van der Waals surface area contributed by atoms with Gasteiger partial charge in [-0.25, -0.2) is 13.4 Å². The van der Waals surface area contributed by atoms with E-state index in [1.165, 1.54) is 12.3 Å². The summed E-state index contributed by atoms with van der Waals surface area (Å²) in [6.07, 6.45) is 3.44. The topological polar surface area (TPSA) is 50.3 Å². The van der Waals surface area contributed by atoms with E-state index in [1.807, 2.05) is 6.92 Å². The Labute approximate surface area is 113 Å². The van der Waals surface area contributed by atoms with Gasteiger partial charge in [0.05, 0.1) is 0 Å². The molecular formula is C12H17ClN2O2S. The summed E-state index contributed by atoms with van der Waals surface area (Å²) in [5, 5.41) is 0.0444. The van der Waals surface area contributed by atoms with Crippen LogP contribution in [0.25, 0.3) is 0 Å². The molecule has 2 heterocycles. The number of rotatable bonds is 2. The predicted molar refractivity (Wildman–Crippen MR) is 71.0 cm³/mol. The maximum Gasteiger partial charge on any atom is 0.246 e. The average molecular weight is 289 g/mol. The van der Waals surface area contributed by atoms with Crippen LogP contribution in [0.5, 0.6) is 0 Å². The fourth-order valence-corrected chi connectivity index (χ4v) is 4.48. The van der Waals surface area contributed by atoms with E-state index in [0.717, 1.165) is 12.8 Å². The van der Waals surface area contributed by atoms with Crippen molar-refractivity contribution >= 4 is 21.6 Å². The second kappa shape index (κ2) is 5.15. The van der Waals surface area contributed by atoms with E-state index >= 15 is 0 Å². The lowest BCUT2D eigenvalue weighted by atomic mass is 9.97. The molecule has 4 nitrogen and oxygen atoms in total. The highest BCUT2D eigenvalue weighted by atomic mass is 35.5. The van der Waals surface area contributed by atoms with Crippen LogP contribution in [0.3, 0.4) is 0 Å². The van der Waals surface area contributed by atoms with Crippen molar-refractivity contribution in [3.63, 3.8) is 0 Å². The predicted octanol–water partition coefficient (Wildman–Crippen LogP) is 2.54. The highest BCUT2D eigenvalue weighted by Crippen LogP contribution is 2.29. The standard InChI is InChI=1S/C12H17ClN2O2S/c1-9-5-6-10(2)15(8-9)18(16,17)11-4-3-7-14-12(11)13/h3-4,7,9-10H,5-6,8H2,1-2H3. The van der Waals surface area contributed by atoms with Crippen LogP contribution in [0.2, 0.25) is 5.15 Å². The quantitative estimate of drug-likeness (QED) is 0.786. The number of pyridine rings is 1. The summed E-state index contributed by atoms with van der Waals surface area (Å²) in [6.45, 7) is 4.56. The second-order valence-electron chi connectivity index (χ2n) is 4.90. The molecule has 0 radical (unpaired) electrons. The number of halogens is 1. The van der Waals surface area contributed by atoms with Crippen molar-refractivity contribution in [2.75, 3.05) is 6.54 Å². The molecule has 0 N–H and O–H groups in total. The summed E-state index contributed by atoms with van der Waals surface area (Å²) in [4.78, 5) is 3.95. The molecule has 1 aliphatic heterocycles. The molecule has 0 aromatic carbocycles. The minimum Gasteiger partial charge on any atom is -0.243 e. The Bertz CT molecular complexity index is 533. The highest BCUT2D eigenvalue weighted by Gasteiger charge is 2.34. The largest absolute Gasteiger partial charge is 0.246 e. The van der Waals surface area contributed by atoms with Gasteiger partial charge in [-0.05, 0) is 37.8 Å².